The summed E-state index contributed by atoms with van der Waals surface area (Å²) >= 11 is 0. The van der Waals surface area contributed by atoms with Crippen molar-refractivity contribution in [1.29, 1.82) is 0 Å². The SMILES string of the molecule is CC(C)CC(=O)N1CC[C@@H](C(C)C)C1. The van der Waals surface area contributed by atoms with Gasteiger partial charge in [0.05, 0.1) is 0 Å². The molecule has 1 aliphatic heterocycles. The molecule has 1 aliphatic rings. The molecule has 0 aromatic heterocycles. The normalized spacial score (nSPS) is 22.4. The highest BCUT2D eigenvalue weighted by atomic mass is 16.2. The standard InChI is InChI=1S/C12H23NO/c1-9(2)7-12(14)13-6-5-11(8-13)10(3)4/h9-11H,5-8H2,1-4H3/t11-/m1/s1. The first-order valence-corrected chi connectivity index (χ1v) is 5.78. The third kappa shape index (κ3) is 3.00. The molecule has 82 valence electrons. The zero-order valence-corrected chi connectivity index (χ0v) is 9.92. The van der Waals surface area contributed by atoms with Crippen LogP contribution in [0.25, 0.3) is 0 Å². The maximum atomic E-state index is 11.7. The van der Waals surface area contributed by atoms with Crippen LogP contribution in [-0.4, -0.2) is 23.9 Å². The summed E-state index contributed by atoms with van der Waals surface area (Å²) in [7, 11) is 0. The molecular weight excluding hydrogens is 174 g/mol. The third-order valence-electron chi connectivity index (χ3n) is 3.10. The molecule has 1 atom stereocenters. The topological polar surface area (TPSA) is 20.3 Å². The molecule has 2 heteroatoms. The molecule has 0 aromatic carbocycles. The summed E-state index contributed by atoms with van der Waals surface area (Å²) in [4.78, 5) is 13.8. The summed E-state index contributed by atoms with van der Waals surface area (Å²) in [6.07, 6.45) is 1.91. The minimum absolute atomic E-state index is 0.350. The van der Waals surface area contributed by atoms with Gasteiger partial charge >= 0.3 is 0 Å². The summed E-state index contributed by atoms with van der Waals surface area (Å²) in [6.45, 7) is 10.7. The van der Waals surface area contributed by atoms with Crippen molar-refractivity contribution in [2.75, 3.05) is 13.1 Å². The van der Waals surface area contributed by atoms with Crippen LogP contribution in [0.3, 0.4) is 0 Å². The first kappa shape index (κ1) is 11.5. The number of carbonyl (C=O) groups excluding carboxylic acids is 1. The molecule has 0 aliphatic carbocycles. The van der Waals surface area contributed by atoms with E-state index in [1.807, 2.05) is 4.90 Å². The molecule has 1 rings (SSSR count). The van der Waals surface area contributed by atoms with Crippen molar-refractivity contribution < 1.29 is 4.79 Å². The largest absolute Gasteiger partial charge is 0.342 e. The minimum Gasteiger partial charge on any atom is -0.342 e. The summed E-state index contributed by atoms with van der Waals surface area (Å²) in [5.74, 6) is 2.28. The minimum atomic E-state index is 0.350. The lowest BCUT2D eigenvalue weighted by Crippen LogP contribution is -2.30. The fourth-order valence-electron chi connectivity index (χ4n) is 2.04. The van der Waals surface area contributed by atoms with E-state index in [9.17, 15) is 4.79 Å². The van der Waals surface area contributed by atoms with Gasteiger partial charge < -0.3 is 4.90 Å². The maximum Gasteiger partial charge on any atom is 0.222 e. The van der Waals surface area contributed by atoms with Crippen LogP contribution in [0, 0.1) is 17.8 Å². The monoisotopic (exact) mass is 197 g/mol. The highest BCUT2D eigenvalue weighted by Gasteiger charge is 2.27. The van der Waals surface area contributed by atoms with Gasteiger partial charge in [-0.3, -0.25) is 4.79 Å². The molecule has 0 bridgehead atoms. The van der Waals surface area contributed by atoms with Crippen molar-refractivity contribution in [2.24, 2.45) is 17.8 Å². The molecule has 0 unspecified atom stereocenters. The van der Waals surface area contributed by atoms with Gasteiger partial charge in [-0.05, 0) is 24.2 Å². The molecule has 1 saturated heterocycles. The molecule has 2 nitrogen and oxygen atoms in total. The molecule has 0 radical (unpaired) electrons. The number of hydrogen-bond donors (Lipinski definition) is 0. The summed E-state index contributed by atoms with van der Waals surface area (Å²) in [6, 6.07) is 0. The Morgan fingerprint density at radius 3 is 2.43 bits per heavy atom. The third-order valence-corrected chi connectivity index (χ3v) is 3.10. The van der Waals surface area contributed by atoms with Crippen molar-refractivity contribution in [3.05, 3.63) is 0 Å². The lowest BCUT2D eigenvalue weighted by molar-refractivity contribution is -0.131. The van der Waals surface area contributed by atoms with Crippen molar-refractivity contribution >= 4 is 5.91 Å². The Morgan fingerprint density at radius 2 is 2.00 bits per heavy atom. The van der Waals surface area contributed by atoms with Crippen LogP contribution in [-0.2, 0) is 4.79 Å². The van der Waals surface area contributed by atoms with Gasteiger partial charge in [0.1, 0.15) is 0 Å². The number of carbonyl (C=O) groups is 1. The van der Waals surface area contributed by atoms with E-state index in [2.05, 4.69) is 27.7 Å². The Bertz CT molecular complexity index is 198. The fraction of sp³-hybridized carbons (Fsp3) is 0.917. The van der Waals surface area contributed by atoms with E-state index in [4.69, 9.17) is 0 Å². The summed E-state index contributed by atoms with van der Waals surface area (Å²) < 4.78 is 0. The molecule has 0 saturated carbocycles. The first-order chi connectivity index (χ1) is 6.50. The van der Waals surface area contributed by atoms with Crippen LogP contribution in [0.4, 0.5) is 0 Å². The molecule has 1 amide bonds. The van der Waals surface area contributed by atoms with E-state index in [1.165, 1.54) is 6.42 Å². The number of rotatable bonds is 3. The predicted molar refractivity (Wildman–Crippen MR) is 59.0 cm³/mol. The average Bonchev–Trinajstić information content (AvgIpc) is 2.50. The van der Waals surface area contributed by atoms with Crippen LogP contribution in [0.5, 0.6) is 0 Å². The zero-order valence-electron chi connectivity index (χ0n) is 9.92. The van der Waals surface area contributed by atoms with Crippen LogP contribution < -0.4 is 0 Å². The molecular formula is C12H23NO. The van der Waals surface area contributed by atoms with Crippen LogP contribution in [0.1, 0.15) is 40.5 Å². The maximum absolute atomic E-state index is 11.7. The van der Waals surface area contributed by atoms with Crippen molar-refractivity contribution in [3.8, 4) is 0 Å². The van der Waals surface area contributed by atoms with Crippen LogP contribution >= 0.6 is 0 Å². The van der Waals surface area contributed by atoms with E-state index in [0.717, 1.165) is 19.0 Å². The van der Waals surface area contributed by atoms with Gasteiger partial charge in [0, 0.05) is 19.5 Å². The Hall–Kier alpha value is -0.530. The molecule has 0 N–H and O–H groups in total. The average molecular weight is 197 g/mol. The Labute approximate surface area is 87.7 Å². The van der Waals surface area contributed by atoms with Crippen molar-refractivity contribution in [2.45, 2.75) is 40.5 Å². The second kappa shape index (κ2) is 4.81. The number of likely N-dealkylation sites (tertiary alicyclic amines) is 1. The lowest BCUT2D eigenvalue weighted by Gasteiger charge is -2.19. The summed E-state index contributed by atoms with van der Waals surface area (Å²) in [5.41, 5.74) is 0. The van der Waals surface area contributed by atoms with Crippen molar-refractivity contribution in [3.63, 3.8) is 0 Å². The van der Waals surface area contributed by atoms with E-state index in [0.29, 0.717) is 24.2 Å². The van der Waals surface area contributed by atoms with Crippen molar-refractivity contribution in [1.82, 2.24) is 4.90 Å². The second-order valence-corrected chi connectivity index (χ2v) is 5.23. The highest BCUT2D eigenvalue weighted by Crippen LogP contribution is 2.24. The lowest BCUT2D eigenvalue weighted by atomic mass is 9.95. The smallest absolute Gasteiger partial charge is 0.222 e. The van der Waals surface area contributed by atoms with Gasteiger partial charge in [0.15, 0.2) is 0 Å². The van der Waals surface area contributed by atoms with Gasteiger partial charge in [-0.1, -0.05) is 27.7 Å². The highest BCUT2D eigenvalue weighted by molar-refractivity contribution is 5.76. The van der Waals surface area contributed by atoms with Crippen LogP contribution in [0.2, 0.25) is 0 Å². The van der Waals surface area contributed by atoms with Gasteiger partial charge in [-0.25, -0.2) is 0 Å². The van der Waals surface area contributed by atoms with Gasteiger partial charge in [0.2, 0.25) is 5.91 Å². The molecule has 14 heavy (non-hydrogen) atoms. The molecule has 1 heterocycles. The first-order valence-electron chi connectivity index (χ1n) is 5.78. The number of amides is 1. The quantitative estimate of drug-likeness (QED) is 0.681. The molecule has 0 aromatic rings. The van der Waals surface area contributed by atoms with Gasteiger partial charge in [0.25, 0.3) is 0 Å². The number of hydrogen-bond acceptors (Lipinski definition) is 1. The zero-order chi connectivity index (χ0) is 10.7. The van der Waals surface area contributed by atoms with Gasteiger partial charge in [-0.2, -0.15) is 0 Å². The van der Waals surface area contributed by atoms with Crippen LogP contribution in [0.15, 0.2) is 0 Å². The number of nitrogens with zero attached hydrogens (tertiary/aromatic N) is 1. The van der Waals surface area contributed by atoms with Gasteiger partial charge in [-0.15, -0.1) is 0 Å². The van der Waals surface area contributed by atoms with E-state index in [-0.39, 0.29) is 0 Å². The fourth-order valence-corrected chi connectivity index (χ4v) is 2.04. The predicted octanol–water partition coefficient (Wildman–Crippen LogP) is 2.54. The second-order valence-electron chi connectivity index (χ2n) is 5.23. The summed E-state index contributed by atoms with van der Waals surface area (Å²) in [5, 5.41) is 0. The molecule has 1 fully saturated rings. The Morgan fingerprint density at radius 1 is 1.36 bits per heavy atom. The Kier molecular flexibility index (Phi) is 3.97. The molecule has 0 spiro atoms. The van der Waals surface area contributed by atoms with E-state index in [1.54, 1.807) is 0 Å². The Balaban J connectivity index is 2.38. The van der Waals surface area contributed by atoms with E-state index < -0.39 is 0 Å². The van der Waals surface area contributed by atoms with E-state index >= 15 is 0 Å².